The Morgan fingerprint density at radius 3 is 2.24 bits per heavy atom. The van der Waals surface area contributed by atoms with Gasteiger partial charge in [0.15, 0.2) is 0 Å². The first kappa shape index (κ1) is 15.5. The maximum Gasteiger partial charge on any atom is 0.309 e. The number of amides is 2. The van der Waals surface area contributed by atoms with Gasteiger partial charge in [0.25, 0.3) is 0 Å². The second-order valence-electron chi connectivity index (χ2n) is 5.66. The normalized spacial score (nSPS) is 15.5. The summed E-state index contributed by atoms with van der Waals surface area (Å²) in [4.78, 5) is 23.6. The van der Waals surface area contributed by atoms with E-state index in [1.54, 1.807) is 0 Å². The highest BCUT2D eigenvalue weighted by atomic mass is 16.2. The summed E-state index contributed by atoms with van der Waals surface area (Å²) in [5, 5.41) is 5.50. The Hall–Kier alpha value is -1.84. The first-order valence-corrected chi connectivity index (χ1v) is 7.85. The van der Waals surface area contributed by atoms with Gasteiger partial charge in [0.05, 0.1) is 0 Å². The van der Waals surface area contributed by atoms with Crippen LogP contribution in [-0.4, -0.2) is 17.9 Å². The van der Waals surface area contributed by atoms with Crippen LogP contribution < -0.4 is 10.6 Å². The fraction of sp³-hybridized carbons (Fsp3) is 0.529. The van der Waals surface area contributed by atoms with Crippen molar-refractivity contribution in [2.24, 2.45) is 0 Å². The number of rotatable bonds is 4. The molecule has 0 atom stereocenters. The molecule has 4 nitrogen and oxygen atoms in total. The minimum absolute atomic E-state index is 0.167. The van der Waals surface area contributed by atoms with E-state index in [-0.39, 0.29) is 6.04 Å². The summed E-state index contributed by atoms with van der Waals surface area (Å²) >= 11 is 0. The molecule has 1 aromatic carbocycles. The van der Waals surface area contributed by atoms with Crippen molar-refractivity contribution in [3.05, 3.63) is 35.4 Å². The van der Waals surface area contributed by atoms with Gasteiger partial charge in [-0.15, -0.1) is 0 Å². The predicted molar refractivity (Wildman–Crippen MR) is 82.7 cm³/mol. The van der Waals surface area contributed by atoms with Crippen molar-refractivity contribution in [1.29, 1.82) is 0 Å². The predicted octanol–water partition coefficient (Wildman–Crippen LogP) is 2.31. The topological polar surface area (TPSA) is 58.2 Å². The van der Waals surface area contributed by atoms with Crippen molar-refractivity contribution in [2.75, 3.05) is 0 Å². The third-order valence-electron chi connectivity index (χ3n) is 4.03. The molecule has 0 unspecified atom stereocenters. The van der Waals surface area contributed by atoms with Gasteiger partial charge in [-0.25, -0.2) is 0 Å². The van der Waals surface area contributed by atoms with Gasteiger partial charge in [-0.05, 0) is 30.4 Å². The first-order valence-electron chi connectivity index (χ1n) is 7.85. The van der Waals surface area contributed by atoms with Crippen LogP contribution in [0.15, 0.2) is 24.3 Å². The molecule has 0 spiro atoms. The van der Waals surface area contributed by atoms with Gasteiger partial charge in [-0.3, -0.25) is 9.59 Å². The van der Waals surface area contributed by atoms with Crippen molar-refractivity contribution in [3.8, 4) is 0 Å². The van der Waals surface area contributed by atoms with Gasteiger partial charge < -0.3 is 10.6 Å². The second-order valence-corrected chi connectivity index (χ2v) is 5.66. The second kappa shape index (κ2) is 7.81. The number of benzene rings is 1. The minimum atomic E-state index is -0.542. The Bertz CT molecular complexity index is 476. The van der Waals surface area contributed by atoms with E-state index in [1.807, 2.05) is 24.3 Å². The van der Waals surface area contributed by atoms with E-state index in [4.69, 9.17) is 0 Å². The lowest BCUT2D eigenvalue weighted by atomic mass is 9.95. The van der Waals surface area contributed by atoms with Gasteiger partial charge in [0, 0.05) is 12.6 Å². The summed E-state index contributed by atoms with van der Waals surface area (Å²) < 4.78 is 0. The Morgan fingerprint density at radius 2 is 1.62 bits per heavy atom. The highest BCUT2D eigenvalue weighted by Gasteiger charge is 2.19. The fourth-order valence-corrected chi connectivity index (χ4v) is 2.65. The van der Waals surface area contributed by atoms with Gasteiger partial charge in [-0.2, -0.15) is 0 Å². The highest BCUT2D eigenvalue weighted by molar-refractivity contribution is 6.35. The smallest absolute Gasteiger partial charge is 0.309 e. The third-order valence-corrected chi connectivity index (χ3v) is 4.03. The summed E-state index contributed by atoms with van der Waals surface area (Å²) in [5.74, 6) is -1.05. The van der Waals surface area contributed by atoms with E-state index >= 15 is 0 Å². The molecule has 2 rings (SSSR count). The van der Waals surface area contributed by atoms with E-state index in [2.05, 4.69) is 17.6 Å². The summed E-state index contributed by atoms with van der Waals surface area (Å²) in [6, 6.07) is 8.23. The van der Waals surface area contributed by atoms with E-state index in [9.17, 15) is 9.59 Å². The molecule has 2 amide bonds. The third kappa shape index (κ3) is 4.88. The molecule has 1 fully saturated rings. The number of aryl methyl sites for hydroxylation is 1. The van der Waals surface area contributed by atoms with Crippen LogP contribution in [0.4, 0.5) is 0 Å². The number of hydrogen-bond donors (Lipinski definition) is 2. The fourth-order valence-electron chi connectivity index (χ4n) is 2.65. The number of hydrogen-bond acceptors (Lipinski definition) is 2. The summed E-state index contributed by atoms with van der Waals surface area (Å²) in [6.07, 6.45) is 6.46. The molecule has 1 aromatic rings. The van der Waals surface area contributed by atoms with Crippen LogP contribution in [0.5, 0.6) is 0 Å². The lowest BCUT2D eigenvalue weighted by Gasteiger charge is -2.22. The molecule has 0 aromatic heterocycles. The van der Waals surface area contributed by atoms with Crippen molar-refractivity contribution in [3.63, 3.8) is 0 Å². The molecular formula is C17H24N2O2. The minimum Gasteiger partial charge on any atom is -0.345 e. The van der Waals surface area contributed by atoms with Crippen LogP contribution in [0.2, 0.25) is 0 Å². The number of nitrogens with one attached hydrogen (secondary N) is 2. The zero-order valence-corrected chi connectivity index (χ0v) is 12.7. The summed E-state index contributed by atoms with van der Waals surface area (Å²) in [6.45, 7) is 2.49. The summed E-state index contributed by atoms with van der Waals surface area (Å²) in [7, 11) is 0. The summed E-state index contributed by atoms with van der Waals surface area (Å²) in [5.41, 5.74) is 2.27. The Labute approximate surface area is 126 Å². The average Bonchev–Trinajstić information content (AvgIpc) is 2.54. The number of carbonyl (C=O) groups excluding carboxylic acids is 2. The van der Waals surface area contributed by atoms with Crippen molar-refractivity contribution in [1.82, 2.24) is 10.6 Å². The quantitative estimate of drug-likeness (QED) is 0.835. The molecule has 21 heavy (non-hydrogen) atoms. The monoisotopic (exact) mass is 288 g/mol. The lowest BCUT2D eigenvalue weighted by Crippen LogP contribution is -2.45. The molecular weight excluding hydrogens is 264 g/mol. The molecule has 1 aliphatic rings. The Morgan fingerprint density at radius 1 is 1.00 bits per heavy atom. The molecule has 0 radical (unpaired) electrons. The Kier molecular flexibility index (Phi) is 5.78. The van der Waals surface area contributed by atoms with Crippen LogP contribution in [0.1, 0.15) is 50.2 Å². The zero-order valence-electron chi connectivity index (χ0n) is 12.7. The van der Waals surface area contributed by atoms with E-state index in [1.165, 1.54) is 12.0 Å². The van der Waals surface area contributed by atoms with Crippen LogP contribution in [0.3, 0.4) is 0 Å². The standard InChI is InChI=1S/C17H24N2O2/c1-2-13-8-10-14(11-9-13)12-18-16(20)17(21)19-15-6-4-3-5-7-15/h8-11,15H,2-7,12H2,1H3,(H,18,20)(H,19,21). The molecule has 4 heteroatoms. The molecule has 1 saturated carbocycles. The largest absolute Gasteiger partial charge is 0.345 e. The van der Waals surface area contributed by atoms with Crippen molar-refractivity contribution >= 4 is 11.8 Å². The van der Waals surface area contributed by atoms with Crippen molar-refractivity contribution in [2.45, 2.75) is 58.0 Å². The van der Waals surface area contributed by atoms with E-state index in [0.717, 1.165) is 37.7 Å². The van der Waals surface area contributed by atoms with Gasteiger partial charge in [-0.1, -0.05) is 50.5 Å². The maximum absolute atomic E-state index is 11.8. The molecule has 0 aliphatic heterocycles. The maximum atomic E-state index is 11.8. The van der Waals surface area contributed by atoms with E-state index in [0.29, 0.717) is 6.54 Å². The highest BCUT2D eigenvalue weighted by Crippen LogP contribution is 2.17. The van der Waals surface area contributed by atoms with E-state index < -0.39 is 11.8 Å². The first-order chi connectivity index (χ1) is 10.2. The van der Waals surface area contributed by atoms with Crippen LogP contribution in [0.25, 0.3) is 0 Å². The molecule has 0 bridgehead atoms. The van der Waals surface area contributed by atoms with Crippen LogP contribution >= 0.6 is 0 Å². The molecule has 0 heterocycles. The SMILES string of the molecule is CCc1ccc(CNC(=O)C(=O)NC2CCCCC2)cc1. The van der Waals surface area contributed by atoms with Gasteiger partial charge in [0.1, 0.15) is 0 Å². The zero-order chi connectivity index (χ0) is 15.1. The van der Waals surface area contributed by atoms with Gasteiger partial charge >= 0.3 is 11.8 Å². The lowest BCUT2D eigenvalue weighted by molar-refractivity contribution is -0.139. The molecule has 2 N–H and O–H groups in total. The molecule has 114 valence electrons. The average molecular weight is 288 g/mol. The Balaban J connectivity index is 1.76. The molecule has 0 saturated heterocycles. The van der Waals surface area contributed by atoms with Crippen molar-refractivity contribution < 1.29 is 9.59 Å². The van der Waals surface area contributed by atoms with Crippen LogP contribution in [0, 0.1) is 0 Å². The van der Waals surface area contributed by atoms with Gasteiger partial charge in [0.2, 0.25) is 0 Å². The molecule has 1 aliphatic carbocycles. The van der Waals surface area contributed by atoms with Crippen LogP contribution in [-0.2, 0) is 22.6 Å². The number of carbonyl (C=O) groups is 2.